The Morgan fingerprint density at radius 3 is 2.51 bits per heavy atom. The van der Waals surface area contributed by atoms with E-state index < -0.39 is 0 Å². The average molecular weight is 570 g/mol. The fourth-order valence-corrected chi connectivity index (χ4v) is 7.30. The van der Waals surface area contributed by atoms with E-state index in [0.29, 0.717) is 5.92 Å². The smallest absolute Gasteiger partial charge is 0.267 e. The summed E-state index contributed by atoms with van der Waals surface area (Å²) in [6, 6.07) is 15.9. The number of hydrogen-bond acceptors (Lipinski definition) is 5. The van der Waals surface area contributed by atoms with Gasteiger partial charge in [-0.25, -0.2) is 4.98 Å². The number of aromatic nitrogens is 2. The molecule has 0 radical (unpaired) electrons. The van der Waals surface area contributed by atoms with Crippen LogP contribution in [0, 0.1) is 11.3 Å². The van der Waals surface area contributed by atoms with Crippen LogP contribution in [-0.4, -0.2) is 16.7 Å². The number of thioether (sulfide) groups is 1. The van der Waals surface area contributed by atoms with E-state index in [9.17, 15) is 4.79 Å². The summed E-state index contributed by atoms with van der Waals surface area (Å²) in [5.41, 5.74) is 3.51. The second-order valence-corrected chi connectivity index (χ2v) is 13.1. The molecule has 0 aliphatic heterocycles. The fourth-order valence-electron chi connectivity index (χ4n) is 4.73. The predicted octanol–water partition coefficient (Wildman–Crippen LogP) is 7.66. The molecule has 1 atom stereocenters. The first kappa shape index (κ1) is 24.6. The highest BCUT2D eigenvalue weighted by molar-refractivity contribution is 9.10. The molecule has 2 aromatic heterocycles. The van der Waals surface area contributed by atoms with Crippen LogP contribution < -0.4 is 10.3 Å². The van der Waals surface area contributed by atoms with Gasteiger partial charge in [-0.2, -0.15) is 0 Å². The molecule has 0 saturated carbocycles. The second kappa shape index (κ2) is 9.75. The summed E-state index contributed by atoms with van der Waals surface area (Å²) in [4.78, 5) is 21.3. The van der Waals surface area contributed by atoms with E-state index in [4.69, 9.17) is 9.72 Å². The van der Waals surface area contributed by atoms with Gasteiger partial charge < -0.3 is 4.74 Å². The molecule has 2 aromatic carbocycles. The third-order valence-corrected chi connectivity index (χ3v) is 9.58. The van der Waals surface area contributed by atoms with Crippen LogP contribution in [0.3, 0.4) is 0 Å². The molecule has 0 bridgehead atoms. The van der Waals surface area contributed by atoms with Gasteiger partial charge in [0.25, 0.3) is 5.56 Å². The number of fused-ring (bicyclic) bond motifs is 3. The number of benzene rings is 2. The van der Waals surface area contributed by atoms with Crippen LogP contribution in [0.25, 0.3) is 15.9 Å². The summed E-state index contributed by atoms with van der Waals surface area (Å²) in [7, 11) is 1.65. The molecule has 1 aliphatic rings. The van der Waals surface area contributed by atoms with Gasteiger partial charge in [-0.3, -0.25) is 9.36 Å². The molecular formula is C28H29BrN2O2S2. The van der Waals surface area contributed by atoms with Crippen molar-refractivity contribution >= 4 is 49.2 Å². The molecule has 0 fully saturated rings. The van der Waals surface area contributed by atoms with Crippen molar-refractivity contribution in [3.63, 3.8) is 0 Å². The van der Waals surface area contributed by atoms with Crippen LogP contribution in [0.5, 0.6) is 5.75 Å². The molecular weight excluding hydrogens is 540 g/mol. The van der Waals surface area contributed by atoms with E-state index in [-0.39, 0.29) is 11.0 Å². The maximum absolute atomic E-state index is 14.1. The molecule has 0 spiro atoms. The monoisotopic (exact) mass is 568 g/mol. The molecule has 4 aromatic rings. The molecule has 182 valence electrons. The van der Waals surface area contributed by atoms with Gasteiger partial charge >= 0.3 is 0 Å². The van der Waals surface area contributed by atoms with E-state index >= 15 is 0 Å². The molecule has 5 rings (SSSR count). The molecule has 1 aliphatic carbocycles. The number of hydrogen-bond donors (Lipinski definition) is 0. The minimum Gasteiger partial charge on any atom is -0.497 e. The summed E-state index contributed by atoms with van der Waals surface area (Å²) in [6.07, 6.45) is 3.09. The van der Waals surface area contributed by atoms with Gasteiger partial charge in [-0.1, -0.05) is 60.6 Å². The quantitative estimate of drug-likeness (QED) is 0.183. The Hall–Kier alpha value is -2.09. The highest BCUT2D eigenvalue weighted by atomic mass is 79.9. The number of thiophene rings is 1. The normalized spacial score (nSPS) is 15.9. The van der Waals surface area contributed by atoms with E-state index in [1.165, 1.54) is 16.0 Å². The first-order valence-corrected chi connectivity index (χ1v) is 14.4. The zero-order valence-electron chi connectivity index (χ0n) is 20.4. The summed E-state index contributed by atoms with van der Waals surface area (Å²) >= 11 is 6.82. The van der Waals surface area contributed by atoms with Crippen LogP contribution in [0.15, 0.2) is 63.0 Å². The SMILES string of the molecule is COc1ccc(-n2c(SCc3ccc(Br)cc3)nc3sc4c(c3c2=O)CC[C@@H](C(C)(C)C)C4)cc1. The molecule has 2 heterocycles. The van der Waals surface area contributed by atoms with Gasteiger partial charge in [-0.15, -0.1) is 11.3 Å². The van der Waals surface area contributed by atoms with Gasteiger partial charge in [0, 0.05) is 15.1 Å². The first-order valence-electron chi connectivity index (χ1n) is 11.8. The minimum atomic E-state index is 0.0326. The van der Waals surface area contributed by atoms with Crippen molar-refractivity contribution in [1.82, 2.24) is 9.55 Å². The van der Waals surface area contributed by atoms with E-state index in [1.54, 1.807) is 34.8 Å². The van der Waals surface area contributed by atoms with E-state index in [0.717, 1.165) is 56.3 Å². The fraction of sp³-hybridized carbons (Fsp3) is 0.357. The van der Waals surface area contributed by atoms with Gasteiger partial charge in [0.15, 0.2) is 5.16 Å². The lowest BCUT2D eigenvalue weighted by molar-refractivity contribution is 0.218. The Morgan fingerprint density at radius 2 is 1.86 bits per heavy atom. The molecule has 35 heavy (non-hydrogen) atoms. The van der Waals surface area contributed by atoms with Crippen LogP contribution in [-0.2, 0) is 18.6 Å². The number of methoxy groups -OCH3 is 1. The Bertz CT molecular complexity index is 1420. The largest absolute Gasteiger partial charge is 0.497 e. The standard InChI is InChI=1S/C28H29BrN2O2S2/c1-28(2,3)18-7-14-22-23(15-18)35-25-24(22)26(32)31(20-10-12-21(33-4)13-11-20)27(30-25)34-16-17-5-8-19(29)9-6-17/h5-6,8-13,18H,7,14-16H2,1-4H3/t18-/m1/s1. The number of halogens is 1. The number of ether oxygens (including phenoxy) is 1. The summed E-state index contributed by atoms with van der Waals surface area (Å²) in [5, 5.41) is 1.53. The van der Waals surface area contributed by atoms with Crippen LogP contribution >= 0.6 is 39.0 Å². The topological polar surface area (TPSA) is 44.1 Å². The maximum atomic E-state index is 14.1. The zero-order valence-corrected chi connectivity index (χ0v) is 23.6. The molecule has 4 nitrogen and oxygen atoms in total. The minimum absolute atomic E-state index is 0.0326. The van der Waals surface area contributed by atoms with Crippen molar-refractivity contribution in [3.05, 3.63) is 79.4 Å². The lowest BCUT2D eigenvalue weighted by Gasteiger charge is -2.33. The third kappa shape index (κ3) is 4.95. The maximum Gasteiger partial charge on any atom is 0.267 e. The van der Waals surface area contributed by atoms with Crippen molar-refractivity contribution in [1.29, 1.82) is 0 Å². The number of nitrogens with zero attached hydrogens (tertiary/aromatic N) is 2. The lowest BCUT2D eigenvalue weighted by Crippen LogP contribution is -2.27. The average Bonchev–Trinajstić information content (AvgIpc) is 3.21. The van der Waals surface area contributed by atoms with Crippen molar-refractivity contribution in [2.24, 2.45) is 11.3 Å². The van der Waals surface area contributed by atoms with Crippen LogP contribution in [0.2, 0.25) is 0 Å². The molecule has 7 heteroatoms. The highest BCUT2D eigenvalue weighted by Gasteiger charge is 2.32. The van der Waals surface area contributed by atoms with Crippen molar-refractivity contribution < 1.29 is 4.74 Å². The molecule has 0 N–H and O–H groups in total. The van der Waals surface area contributed by atoms with Gasteiger partial charge in [0.05, 0.1) is 18.2 Å². The predicted molar refractivity (Wildman–Crippen MR) is 150 cm³/mol. The van der Waals surface area contributed by atoms with Crippen LogP contribution in [0.4, 0.5) is 0 Å². The molecule has 0 unspecified atom stereocenters. The van der Waals surface area contributed by atoms with Crippen LogP contribution in [0.1, 0.15) is 43.2 Å². The zero-order chi connectivity index (χ0) is 24.7. The van der Waals surface area contributed by atoms with Gasteiger partial charge in [-0.05, 0) is 78.1 Å². The lowest BCUT2D eigenvalue weighted by atomic mass is 9.72. The Balaban J connectivity index is 1.62. The first-order chi connectivity index (χ1) is 16.7. The second-order valence-electron chi connectivity index (χ2n) is 10.1. The highest BCUT2D eigenvalue weighted by Crippen LogP contribution is 2.42. The third-order valence-electron chi connectivity index (χ3n) is 6.89. The number of rotatable bonds is 5. The molecule has 0 amide bonds. The van der Waals surface area contributed by atoms with Gasteiger partial charge in [0.1, 0.15) is 10.6 Å². The van der Waals surface area contributed by atoms with Gasteiger partial charge in [0.2, 0.25) is 0 Å². The summed E-state index contributed by atoms with van der Waals surface area (Å²) < 4.78 is 8.18. The Morgan fingerprint density at radius 1 is 1.14 bits per heavy atom. The Kier molecular flexibility index (Phi) is 6.85. The van der Waals surface area contributed by atoms with Crippen molar-refractivity contribution in [2.75, 3.05) is 7.11 Å². The summed E-state index contributed by atoms with van der Waals surface area (Å²) in [5.74, 6) is 2.12. The van der Waals surface area contributed by atoms with E-state index in [1.807, 2.05) is 36.4 Å². The Labute approximate surface area is 222 Å². The number of aryl methyl sites for hydroxylation is 1. The van der Waals surface area contributed by atoms with Crippen molar-refractivity contribution in [3.8, 4) is 11.4 Å². The van der Waals surface area contributed by atoms with E-state index in [2.05, 4.69) is 48.8 Å². The molecule has 0 saturated heterocycles. The summed E-state index contributed by atoms with van der Waals surface area (Å²) in [6.45, 7) is 6.96. The van der Waals surface area contributed by atoms with Crippen molar-refractivity contribution in [2.45, 2.75) is 50.9 Å².